The van der Waals surface area contributed by atoms with Gasteiger partial charge in [-0.1, -0.05) is 86.6 Å². The topological polar surface area (TPSA) is 114 Å². The monoisotopic (exact) mass is 504 g/mol. The third-order valence-electron chi connectivity index (χ3n) is 5.66. The minimum Gasteiger partial charge on any atom is -0.489 e. The molecule has 8 nitrogen and oxygen atoms in total. The number of amides is 2. The van der Waals surface area contributed by atoms with E-state index in [4.69, 9.17) is 9.47 Å². The van der Waals surface area contributed by atoms with Gasteiger partial charge in [0.1, 0.15) is 31.0 Å². The minimum absolute atomic E-state index is 0.0575. The van der Waals surface area contributed by atoms with Gasteiger partial charge in [-0.2, -0.15) is 0 Å². The van der Waals surface area contributed by atoms with E-state index in [0.717, 1.165) is 16.7 Å². The molecule has 8 heteroatoms. The van der Waals surface area contributed by atoms with E-state index < -0.39 is 30.1 Å². The van der Waals surface area contributed by atoms with E-state index in [9.17, 15) is 19.5 Å². The average Bonchev–Trinajstić information content (AvgIpc) is 2.90. The first-order chi connectivity index (χ1) is 17.8. The van der Waals surface area contributed by atoms with Crippen molar-refractivity contribution in [1.82, 2.24) is 10.6 Å². The summed E-state index contributed by atoms with van der Waals surface area (Å²) in [5.41, 5.74) is 2.57. The van der Waals surface area contributed by atoms with Gasteiger partial charge in [0.25, 0.3) is 0 Å². The molecule has 194 valence electrons. The summed E-state index contributed by atoms with van der Waals surface area (Å²) in [7, 11) is 0. The fraction of sp³-hybridized carbons (Fsp3) is 0.276. The molecule has 2 amide bonds. The Bertz CT molecular complexity index is 1150. The standard InChI is InChI=1S/C29H32N2O6/c1-20(2)26(31-29(35)37-19-23-11-7-4-8-12-23)27(32)30-25(28(33)34)17-21-13-15-24(16-14-21)36-18-22-9-5-3-6-10-22/h3-16,20,25-26H,17-19H2,1-2H3,(H,30,32)(H,31,35)(H,33,34)/t25-,26+/m1/s1. The second-order valence-corrected chi connectivity index (χ2v) is 8.95. The lowest BCUT2D eigenvalue weighted by atomic mass is 10.0. The number of alkyl carbamates (subject to hydrolysis) is 1. The summed E-state index contributed by atoms with van der Waals surface area (Å²) in [6, 6.07) is 23.8. The van der Waals surface area contributed by atoms with E-state index in [0.29, 0.717) is 12.4 Å². The SMILES string of the molecule is CC(C)[C@H](NC(=O)OCc1ccccc1)C(=O)N[C@H](Cc1ccc(OCc2ccccc2)cc1)C(=O)O. The zero-order valence-electron chi connectivity index (χ0n) is 20.9. The number of carboxylic acid groups (broad SMARTS) is 1. The number of rotatable bonds is 12. The normalized spacial score (nSPS) is 12.3. The van der Waals surface area contributed by atoms with Gasteiger partial charge in [0, 0.05) is 6.42 Å². The number of nitrogens with one attached hydrogen (secondary N) is 2. The molecule has 0 aliphatic carbocycles. The van der Waals surface area contributed by atoms with Crippen molar-refractivity contribution in [3.05, 3.63) is 102 Å². The molecular weight excluding hydrogens is 472 g/mol. The van der Waals surface area contributed by atoms with E-state index in [-0.39, 0.29) is 18.9 Å². The number of benzene rings is 3. The summed E-state index contributed by atoms with van der Waals surface area (Å²) in [5.74, 6) is -1.41. The van der Waals surface area contributed by atoms with E-state index in [1.165, 1.54) is 0 Å². The van der Waals surface area contributed by atoms with Crippen LogP contribution in [0.5, 0.6) is 5.75 Å². The Balaban J connectivity index is 1.54. The highest BCUT2D eigenvalue weighted by atomic mass is 16.5. The molecule has 0 saturated carbocycles. The minimum atomic E-state index is -1.17. The Morgan fingerprint density at radius 2 is 1.32 bits per heavy atom. The first kappa shape index (κ1) is 27.3. The smallest absolute Gasteiger partial charge is 0.408 e. The van der Waals surface area contributed by atoms with Gasteiger partial charge in [-0.3, -0.25) is 4.79 Å². The Morgan fingerprint density at radius 3 is 1.86 bits per heavy atom. The molecule has 37 heavy (non-hydrogen) atoms. The van der Waals surface area contributed by atoms with Gasteiger partial charge in [-0.15, -0.1) is 0 Å². The van der Waals surface area contributed by atoms with Crippen molar-refractivity contribution in [2.45, 2.75) is 45.6 Å². The number of carbonyl (C=O) groups is 3. The predicted octanol–water partition coefficient (Wildman–Crippen LogP) is 4.33. The fourth-order valence-electron chi connectivity index (χ4n) is 3.59. The first-order valence-electron chi connectivity index (χ1n) is 12.1. The maximum absolute atomic E-state index is 12.9. The molecule has 0 radical (unpaired) electrons. The van der Waals surface area contributed by atoms with Crippen LogP contribution in [-0.2, 0) is 34.0 Å². The van der Waals surface area contributed by atoms with Crippen LogP contribution in [0.25, 0.3) is 0 Å². The second kappa shape index (κ2) is 13.7. The van der Waals surface area contributed by atoms with Gasteiger partial charge in [-0.25, -0.2) is 9.59 Å². The molecule has 3 aromatic rings. The summed E-state index contributed by atoms with van der Waals surface area (Å²) >= 11 is 0. The summed E-state index contributed by atoms with van der Waals surface area (Å²) in [6.07, 6.45) is -0.681. The van der Waals surface area contributed by atoms with E-state index in [1.807, 2.05) is 60.7 Å². The molecule has 2 atom stereocenters. The Labute approximate surface area is 216 Å². The molecule has 3 aromatic carbocycles. The van der Waals surface area contributed by atoms with Crippen LogP contribution in [-0.4, -0.2) is 35.2 Å². The van der Waals surface area contributed by atoms with Gasteiger partial charge in [0.2, 0.25) is 5.91 Å². The van der Waals surface area contributed by atoms with Gasteiger partial charge in [0.15, 0.2) is 0 Å². The molecule has 0 unspecified atom stereocenters. The van der Waals surface area contributed by atoms with Crippen molar-refractivity contribution in [1.29, 1.82) is 0 Å². The van der Waals surface area contributed by atoms with Gasteiger partial charge in [-0.05, 0) is 34.7 Å². The second-order valence-electron chi connectivity index (χ2n) is 8.95. The van der Waals surface area contributed by atoms with Crippen molar-refractivity contribution in [3.8, 4) is 5.75 Å². The van der Waals surface area contributed by atoms with Crippen molar-refractivity contribution in [2.75, 3.05) is 0 Å². The number of hydrogen-bond acceptors (Lipinski definition) is 5. The molecule has 0 spiro atoms. The van der Waals surface area contributed by atoms with Crippen molar-refractivity contribution >= 4 is 18.0 Å². The van der Waals surface area contributed by atoms with Crippen LogP contribution < -0.4 is 15.4 Å². The van der Waals surface area contributed by atoms with Crippen LogP contribution in [0, 0.1) is 5.92 Å². The molecule has 0 aliphatic heterocycles. The van der Waals surface area contributed by atoms with E-state index >= 15 is 0 Å². The van der Waals surface area contributed by atoms with Gasteiger partial charge >= 0.3 is 12.1 Å². The summed E-state index contributed by atoms with van der Waals surface area (Å²) in [6.45, 7) is 3.99. The number of carboxylic acids is 1. The maximum Gasteiger partial charge on any atom is 0.408 e. The predicted molar refractivity (Wildman–Crippen MR) is 139 cm³/mol. The van der Waals surface area contributed by atoms with Crippen LogP contribution in [0.4, 0.5) is 4.79 Å². The zero-order chi connectivity index (χ0) is 26.6. The Kier molecular flexibility index (Phi) is 10.1. The Hall–Kier alpha value is -4.33. The zero-order valence-corrected chi connectivity index (χ0v) is 20.9. The highest BCUT2D eigenvalue weighted by molar-refractivity contribution is 5.89. The summed E-state index contributed by atoms with van der Waals surface area (Å²) < 4.78 is 11.0. The van der Waals surface area contributed by atoms with Crippen molar-refractivity contribution in [2.24, 2.45) is 5.92 Å². The maximum atomic E-state index is 12.9. The van der Waals surface area contributed by atoms with Crippen LogP contribution >= 0.6 is 0 Å². The highest BCUT2D eigenvalue weighted by Crippen LogP contribution is 2.16. The molecule has 0 aromatic heterocycles. The largest absolute Gasteiger partial charge is 0.489 e. The number of ether oxygens (including phenoxy) is 2. The fourth-order valence-corrected chi connectivity index (χ4v) is 3.59. The molecule has 0 fully saturated rings. The first-order valence-corrected chi connectivity index (χ1v) is 12.1. The number of carbonyl (C=O) groups excluding carboxylic acids is 2. The van der Waals surface area contributed by atoms with Crippen LogP contribution in [0.1, 0.15) is 30.5 Å². The molecule has 0 heterocycles. The molecule has 0 bridgehead atoms. The molecule has 3 rings (SSSR count). The van der Waals surface area contributed by atoms with Gasteiger partial charge in [0.05, 0.1) is 0 Å². The quantitative estimate of drug-likeness (QED) is 0.338. The summed E-state index contributed by atoms with van der Waals surface area (Å²) in [4.78, 5) is 37.1. The lowest BCUT2D eigenvalue weighted by Crippen LogP contribution is -2.54. The van der Waals surface area contributed by atoms with Crippen molar-refractivity contribution < 1.29 is 29.0 Å². The molecule has 0 saturated heterocycles. The number of aliphatic carboxylic acids is 1. The molecule has 3 N–H and O–H groups in total. The van der Waals surface area contributed by atoms with Crippen molar-refractivity contribution in [3.63, 3.8) is 0 Å². The van der Waals surface area contributed by atoms with Crippen LogP contribution in [0.15, 0.2) is 84.9 Å². The highest BCUT2D eigenvalue weighted by Gasteiger charge is 2.29. The number of hydrogen-bond donors (Lipinski definition) is 3. The average molecular weight is 505 g/mol. The molecular formula is C29H32N2O6. The Morgan fingerprint density at radius 1 is 0.757 bits per heavy atom. The third kappa shape index (κ3) is 9.00. The van der Waals surface area contributed by atoms with Crippen LogP contribution in [0.3, 0.4) is 0 Å². The third-order valence-corrected chi connectivity index (χ3v) is 5.66. The lowest BCUT2D eigenvalue weighted by Gasteiger charge is -2.24. The lowest BCUT2D eigenvalue weighted by molar-refractivity contribution is -0.142. The van der Waals surface area contributed by atoms with E-state index in [1.54, 1.807) is 38.1 Å². The summed E-state index contributed by atoms with van der Waals surface area (Å²) in [5, 5.41) is 14.8. The van der Waals surface area contributed by atoms with Crippen LogP contribution in [0.2, 0.25) is 0 Å². The van der Waals surface area contributed by atoms with E-state index in [2.05, 4.69) is 10.6 Å². The van der Waals surface area contributed by atoms with Gasteiger partial charge < -0.3 is 25.2 Å². The molecule has 0 aliphatic rings.